The highest BCUT2D eigenvalue weighted by Crippen LogP contribution is 2.31. The van der Waals surface area contributed by atoms with Gasteiger partial charge in [-0.25, -0.2) is 9.78 Å². The van der Waals surface area contributed by atoms with Crippen molar-refractivity contribution in [3.05, 3.63) is 42.2 Å². The molecular formula is C29H50N2O3. The van der Waals surface area contributed by atoms with Crippen molar-refractivity contribution >= 4 is 6.09 Å². The first-order chi connectivity index (χ1) is 16.3. The number of carbonyl (C=O) groups excluding carboxylic acids is 1. The Bertz CT molecular complexity index is 776. The monoisotopic (exact) mass is 474 g/mol. The van der Waals surface area contributed by atoms with Gasteiger partial charge in [0.2, 0.25) is 0 Å². The zero-order valence-electron chi connectivity index (χ0n) is 22.9. The lowest BCUT2D eigenvalue weighted by Crippen LogP contribution is -2.42. The number of aliphatic hydroxyl groups excluding tert-OH is 1. The first-order valence-corrected chi connectivity index (χ1v) is 12.8. The average molecular weight is 475 g/mol. The molecule has 1 aliphatic heterocycles. The highest BCUT2D eigenvalue weighted by Gasteiger charge is 2.38. The topological polar surface area (TPSA) is 62.7 Å². The molecule has 1 saturated heterocycles. The number of likely N-dealkylation sites (tertiary alicyclic amines) is 1. The van der Waals surface area contributed by atoms with E-state index >= 15 is 0 Å². The summed E-state index contributed by atoms with van der Waals surface area (Å²) >= 11 is 0. The Morgan fingerprint density at radius 2 is 1.88 bits per heavy atom. The summed E-state index contributed by atoms with van der Waals surface area (Å²) in [7, 11) is 1.00. The summed E-state index contributed by atoms with van der Waals surface area (Å²) in [5, 5.41) is 7.00. The lowest BCUT2D eigenvalue weighted by Gasteiger charge is -2.30. The molecule has 3 rings (SSSR count). The van der Waals surface area contributed by atoms with Crippen molar-refractivity contribution in [1.82, 2.24) is 9.88 Å². The first-order valence-electron chi connectivity index (χ1n) is 12.8. The van der Waals surface area contributed by atoms with E-state index in [0.29, 0.717) is 11.8 Å². The van der Waals surface area contributed by atoms with E-state index in [2.05, 4.69) is 32.3 Å². The van der Waals surface area contributed by atoms with Crippen LogP contribution in [0.5, 0.6) is 0 Å². The molecule has 34 heavy (non-hydrogen) atoms. The Labute approximate surface area is 210 Å². The van der Waals surface area contributed by atoms with Gasteiger partial charge in [-0.05, 0) is 70.4 Å². The van der Waals surface area contributed by atoms with Gasteiger partial charge in [-0.15, -0.1) is 6.58 Å². The summed E-state index contributed by atoms with van der Waals surface area (Å²) in [6, 6.07) is 6.07. The maximum absolute atomic E-state index is 12.7. The number of allylic oxidation sites excluding steroid dienone is 1. The number of aromatic nitrogens is 1. The first kappa shape index (κ1) is 31.7. The number of rotatable bonds is 4. The zero-order valence-corrected chi connectivity index (χ0v) is 22.9. The molecule has 1 aromatic rings. The van der Waals surface area contributed by atoms with Crippen LogP contribution in [0.4, 0.5) is 4.79 Å². The van der Waals surface area contributed by atoms with Gasteiger partial charge in [0.25, 0.3) is 0 Å². The third-order valence-electron chi connectivity index (χ3n) is 4.99. The molecule has 1 aliphatic carbocycles. The standard InChI is InChI=1S/C23H30N2O2.C3H8.C2H6.CH4O.H2/c1-5-7-18-14-15-25(22(26)27-23(2,3)4)21(18)16-20-9-6-8-19(24-20)13-12-17-10-11-17;1-3-2;2*1-2;/h5-6,8-9,17-18,21H,1,7,10-11,14-16H2,2-4H3;3H2,1-2H3;1-2H3;2H,1H3;1H. The van der Waals surface area contributed by atoms with Gasteiger partial charge in [0.1, 0.15) is 11.3 Å². The predicted octanol–water partition coefficient (Wildman–Crippen LogP) is 6.88. The van der Waals surface area contributed by atoms with E-state index in [0.717, 1.165) is 44.3 Å². The molecule has 1 aromatic heterocycles. The second kappa shape index (κ2) is 17.2. The summed E-state index contributed by atoms with van der Waals surface area (Å²) in [6.07, 6.45) is 7.97. The van der Waals surface area contributed by atoms with E-state index < -0.39 is 5.60 Å². The maximum atomic E-state index is 12.7. The fourth-order valence-electron chi connectivity index (χ4n) is 3.51. The van der Waals surface area contributed by atoms with Crippen LogP contribution in [0.3, 0.4) is 0 Å². The van der Waals surface area contributed by atoms with Crippen LogP contribution in [-0.4, -0.2) is 46.4 Å². The minimum absolute atomic E-state index is 0. The predicted molar refractivity (Wildman–Crippen MR) is 145 cm³/mol. The van der Waals surface area contributed by atoms with Crippen molar-refractivity contribution in [2.45, 2.75) is 98.6 Å². The van der Waals surface area contributed by atoms with Crippen molar-refractivity contribution in [2.75, 3.05) is 13.7 Å². The molecule has 1 saturated carbocycles. The smallest absolute Gasteiger partial charge is 0.410 e. The van der Waals surface area contributed by atoms with Gasteiger partial charge in [-0.3, -0.25) is 0 Å². The van der Waals surface area contributed by atoms with Gasteiger partial charge >= 0.3 is 6.09 Å². The molecule has 2 fully saturated rings. The normalized spacial score (nSPS) is 18.4. The van der Waals surface area contributed by atoms with Crippen molar-refractivity contribution in [2.24, 2.45) is 11.8 Å². The summed E-state index contributed by atoms with van der Waals surface area (Å²) in [4.78, 5) is 19.3. The van der Waals surface area contributed by atoms with Crippen LogP contribution in [0.15, 0.2) is 30.9 Å². The Kier molecular flexibility index (Phi) is 16.0. The zero-order chi connectivity index (χ0) is 26.1. The molecule has 0 radical (unpaired) electrons. The molecule has 1 amide bonds. The Hall–Kier alpha value is -2.32. The maximum Gasteiger partial charge on any atom is 0.410 e. The third-order valence-corrected chi connectivity index (χ3v) is 4.99. The Balaban J connectivity index is 0. The van der Waals surface area contributed by atoms with E-state index in [1.807, 2.05) is 63.8 Å². The molecule has 2 heterocycles. The van der Waals surface area contributed by atoms with Crippen molar-refractivity contribution in [1.29, 1.82) is 0 Å². The van der Waals surface area contributed by atoms with Crippen molar-refractivity contribution in [3.8, 4) is 11.8 Å². The van der Waals surface area contributed by atoms with Crippen LogP contribution in [0.25, 0.3) is 0 Å². The number of carbonyl (C=O) groups is 1. The molecule has 1 N–H and O–H groups in total. The minimum Gasteiger partial charge on any atom is -0.444 e. The van der Waals surface area contributed by atoms with Gasteiger partial charge in [-0.2, -0.15) is 0 Å². The van der Waals surface area contributed by atoms with Crippen LogP contribution in [-0.2, 0) is 11.2 Å². The third kappa shape index (κ3) is 12.2. The number of amides is 1. The molecule has 2 atom stereocenters. The summed E-state index contributed by atoms with van der Waals surface area (Å²) in [5.41, 5.74) is 1.31. The molecule has 5 heteroatoms. The fraction of sp³-hybridized carbons (Fsp3) is 0.655. The molecule has 0 spiro atoms. The van der Waals surface area contributed by atoms with Gasteiger partial charge in [0.15, 0.2) is 0 Å². The molecule has 194 valence electrons. The van der Waals surface area contributed by atoms with Crippen LogP contribution < -0.4 is 0 Å². The highest BCUT2D eigenvalue weighted by atomic mass is 16.6. The van der Waals surface area contributed by atoms with Crippen molar-refractivity contribution < 1.29 is 16.1 Å². The minimum atomic E-state index is -0.491. The summed E-state index contributed by atoms with van der Waals surface area (Å²) < 4.78 is 5.63. The number of nitrogens with zero attached hydrogens (tertiary/aromatic N) is 2. The lowest BCUT2D eigenvalue weighted by atomic mass is 9.93. The van der Waals surface area contributed by atoms with E-state index in [1.165, 1.54) is 19.3 Å². The van der Waals surface area contributed by atoms with Gasteiger partial charge in [0, 0.05) is 39.2 Å². The second-order valence-corrected chi connectivity index (χ2v) is 9.28. The number of hydrogen-bond acceptors (Lipinski definition) is 4. The molecule has 0 bridgehead atoms. The molecule has 5 nitrogen and oxygen atoms in total. The van der Waals surface area contributed by atoms with E-state index in [1.54, 1.807) is 0 Å². The van der Waals surface area contributed by atoms with Crippen molar-refractivity contribution in [3.63, 3.8) is 0 Å². The number of pyridine rings is 1. The van der Waals surface area contributed by atoms with Crippen LogP contribution in [0.1, 0.15) is 93.4 Å². The van der Waals surface area contributed by atoms with Gasteiger partial charge in [-0.1, -0.05) is 52.2 Å². The molecular weight excluding hydrogens is 424 g/mol. The van der Waals surface area contributed by atoms with E-state index in [-0.39, 0.29) is 13.6 Å². The number of hydrogen-bond donors (Lipinski definition) is 1. The van der Waals surface area contributed by atoms with Gasteiger partial charge in [0.05, 0.1) is 0 Å². The van der Waals surface area contributed by atoms with Gasteiger partial charge < -0.3 is 14.7 Å². The Morgan fingerprint density at radius 1 is 1.26 bits per heavy atom. The molecule has 0 aromatic carbocycles. The second-order valence-electron chi connectivity index (χ2n) is 9.28. The van der Waals surface area contributed by atoms with Crippen LogP contribution in [0, 0.1) is 23.7 Å². The highest BCUT2D eigenvalue weighted by molar-refractivity contribution is 5.69. The SMILES string of the molecule is C=CCC1CCN(C(=O)OC(C)(C)C)C1Cc1cccc(C#CC2CC2)n1.CC.CCC.CO.[HH]. The lowest BCUT2D eigenvalue weighted by molar-refractivity contribution is 0.0207. The molecule has 2 unspecified atom stereocenters. The summed E-state index contributed by atoms with van der Waals surface area (Å²) in [5.74, 6) is 7.40. The number of aliphatic hydroxyl groups is 1. The van der Waals surface area contributed by atoms with Crippen LogP contribution in [0.2, 0.25) is 0 Å². The summed E-state index contributed by atoms with van der Waals surface area (Å²) in [6.45, 7) is 18.6. The van der Waals surface area contributed by atoms with E-state index in [9.17, 15) is 4.79 Å². The van der Waals surface area contributed by atoms with E-state index in [4.69, 9.17) is 14.8 Å². The quantitative estimate of drug-likeness (QED) is 0.381. The largest absolute Gasteiger partial charge is 0.444 e. The average Bonchev–Trinajstić information content (AvgIpc) is 3.56. The molecule has 2 aliphatic rings. The number of ether oxygens (including phenoxy) is 1. The van der Waals surface area contributed by atoms with Crippen LogP contribution >= 0.6 is 0 Å². The fourth-order valence-corrected chi connectivity index (χ4v) is 3.51. The Morgan fingerprint density at radius 3 is 2.41 bits per heavy atom.